The van der Waals surface area contributed by atoms with Crippen molar-refractivity contribution in [1.29, 1.82) is 0 Å². The van der Waals surface area contributed by atoms with E-state index in [2.05, 4.69) is 5.32 Å². The number of hydrogen-bond donors (Lipinski definition) is 1. The van der Waals surface area contributed by atoms with Gasteiger partial charge in [-0.05, 0) is 55.5 Å². The van der Waals surface area contributed by atoms with Gasteiger partial charge in [0.1, 0.15) is 0 Å². The molecule has 0 radical (unpaired) electrons. The molecule has 0 bridgehead atoms. The molecule has 2 aliphatic rings. The number of carbonyl (C=O) groups excluding carboxylic acids is 3. The van der Waals surface area contributed by atoms with E-state index in [4.69, 9.17) is 9.47 Å². The Morgan fingerprint density at radius 3 is 2.34 bits per heavy atom. The number of sulfonamides is 1. The summed E-state index contributed by atoms with van der Waals surface area (Å²) in [5.41, 5.74) is 1.42. The largest absolute Gasteiger partial charge is 0.462 e. The molecule has 4 rings (SSSR count). The number of nitrogens with one attached hydrogen (secondary N) is 1. The predicted molar refractivity (Wildman–Crippen MR) is 128 cm³/mol. The van der Waals surface area contributed by atoms with Crippen molar-refractivity contribution in [3.05, 3.63) is 54.1 Å². The Hall–Kier alpha value is -3.28. The molecule has 2 heterocycles. The summed E-state index contributed by atoms with van der Waals surface area (Å²) in [7, 11) is -3.63. The van der Waals surface area contributed by atoms with Gasteiger partial charge in [-0.25, -0.2) is 13.2 Å². The van der Waals surface area contributed by atoms with Crippen LogP contribution in [0.3, 0.4) is 0 Å². The fourth-order valence-corrected chi connectivity index (χ4v) is 5.42. The van der Waals surface area contributed by atoms with Crippen molar-refractivity contribution in [2.45, 2.75) is 18.2 Å². The van der Waals surface area contributed by atoms with Crippen LogP contribution in [0.1, 0.15) is 23.7 Å². The highest BCUT2D eigenvalue weighted by molar-refractivity contribution is 7.89. The first kappa shape index (κ1) is 24.8. The summed E-state index contributed by atoms with van der Waals surface area (Å²) in [5, 5.41) is 2.77. The Labute approximate surface area is 203 Å². The van der Waals surface area contributed by atoms with Gasteiger partial charge in [0, 0.05) is 37.4 Å². The first-order valence-corrected chi connectivity index (χ1v) is 12.8. The minimum atomic E-state index is -3.63. The number of benzene rings is 2. The summed E-state index contributed by atoms with van der Waals surface area (Å²) in [4.78, 5) is 38.7. The zero-order chi connectivity index (χ0) is 25.0. The molecule has 10 nitrogen and oxygen atoms in total. The highest BCUT2D eigenvalue weighted by Crippen LogP contribution is 2.28. The maximum Gasteiger partial charge on any atom is 0.338 e. The first-order valence-electron chi connectivity index (χ1n) is 11.4. The van der Waals surface area contributed by atoms with Crippen LogP contribution in [0.5, 0.6) is 0 Å². The highest BCUT2D eigenvalue weighted by atomic mass is 32.2. The SMILES string of the molecule is CCOC(=O)c1ccc(NC(=O)C2CC(=O)N(c3ccc(S(=O)(=O)N4CCOCC4)cc3)C2)cc1. The minimum absolute atomic E-state index is 0.0422. The summed E-state index contributed by atoms with van der Waals surface area (Å²) in [5.74, 6) is -1.53. The maximum atomic E-state index is 12.8. The van der Waals surface area contributed by atoms with Crippen LogP contribution < -0.4 is 10.2 Å². The monoisotopic (exact) mass is 501 g/mol. The number of carbonyl (C=O) groups is 3. The predicted octanol–water partition coefficient (Wildman–Crippen LogP) is 1.88. The van der Waals surface area contributed by atoms with E-state index in [-0.39, 0.29) is 36.3 Å². The lowest BCUT2D eigenvalue weighted by Gasteiger charge is -2.26. The fraction of sp³-hybridized carbons (Fsp3) is 0.375. The Morgan fingerprint density at radius 2 is 1.71 bits per heavy atom. The Morgan fingerprint density at radius 1 is 1.06 bits per heavy atom. The molecule has 2 saturated heterocycles. The van der Waals surface area contributed by atoms with Gasteiger partial charge in [-0.15, -0.1) is 0 Å². The van der Waals surface area contributed by atoms with Crippen LogP contribution in [0.25, 0.3) is 0 Å². The van der Waals surface area contributed by atoms with Crippen LogP contribution in [0.2, 0.25) is 0 Å². The van der Waals surface area contributed by atoms with Crippen LogP contribution in [-0.2, 0) is 29.1 Å². The Kier molecular flexibility index (Phi) is 7.48. The van der Waals surface area contributed by atoms with Crippen molar-refractivity contribution in [3.8, 4) is 0 Å². The topological polar surface area (TPSA) is 122 Å². The van der Waals surface area contributed by atoms with E-state index in [1.165, 1.54) is 21.3 Å². The molecule has 11 heteroatoms. The summed E-state index contributed by atoms with van der Waals surface area (Å²) in [6.07, 6.45) is 0.0422. The van der Waals surface area contributed by atoms with Gasteiger partial charge in [0.15, 0.2) is 0 Å². The van der Waals surface area contributed by atoms with Crippen LogP contribution in [0, 0.1) is 5.92 Å². The van der Waals surface area contributed by atoms with E-state index in [0.717, 1.165) is 0 Å². The lowest BCUT2D eigenvalue weighted by atomic mass is 10.1. The molecule has 35 heavy (non-hydrogen) atoms. The third-order valence-electron chi connectivity index (χ3n) is 5.92. The average molecular weight is 502 g/mol. The van der Waals surface area contributed by atoms with Gasteiger partial charge >= 0.3 is 5.97 Å². The van der Waals surface area contributed by atoms with Gasteiger partial charge in [-0.2, -0.15) is 4.31 Å². The standard InChI is InChI=1S/C24H27N3O7S/c1-2-34-24(30)17-3-5-19(6-4-17)25-23(29)18-15-22(28)27(16-18)20-7-9-21(10-8-20)35(31,32)26-11-13-33-14-12-26/h3-10,18H,2,11-16H2,1H3,(H,25,29). The molecule has 0 aliphatic carbocycles. The molecule has 2 fully saturated rings. The third-order valence-corrected chi connectivity index (χ3v) is 7.83. The second kappa shape index (κ2) is 10.5. The summed E-state index contributed by atoms with van der Waals surface area (Å²) < 4.78 is 37.1. The molecule has 2 aliphatic heterocycles. The Balaban J connectivity index is 1.38. The molecule has 186 valence electrons. The number of amides is 2. The zero-order valence-electron chi connectivity index (χ0n) is 19.3. The second-order valence-electron chi connectivity index (χ2n) is 8.20. The number of ether oxygens (including phenoxy) is 2. The normalized spacial score (nSPS) is 18.9. The molecule has 0 saturated carbocycles. The maximum absolute atomic E-state index is 12.8. The second-order valence-corrected chi connectivity index (χ2v) is 10.1. The number of hydrogen-bond acceptors (Lipinski definition) is 7. The first-order chi connectivity index (χ1) is 16.8. The summed E-state index contributed by atoms with van der Waals surface area (Å²) in [6, 6.07) is 12.5. The van der Waals surface area contributed by atoms with Gasteiger partial charge in [-0.3, -0.25) is 9.59 Å². The lowest BCUT2D eigenvalue weighted by molar-refractivity contribution is -0.122. The molecule has 1 unspecified atom stereocenters. The van der Waals surface area contributed by atoms with Gasteiger partial charge in [0.25, 0.3) is 0 Å². The molecular formula is C24H27N3O7S. The Bertz CT molecular complexity index is 1190. The molecule has 2 aromatic rings. The van der Waals surface area contributed by atoms with Crippen LogP contribution in [0.15, 0.2) is 53.4 Å². The van der Waals surface area contributed by atoms with Crippen molar-refractivity contribution in [3.63, 3.8) is 0 Å². The number of esters is 1. The summed E-state index contributed by atoms with van der Waals surface area (Å²) >= 11 is 0. The number of rotatable bonds is 7. The van der Waals surface area contributed by atoms with Gasteiger partial charge in [0.05, 0.1) is 36.2 Å². The van der Waals surface area contributed by atoms with Crippen molar-refractivity contribution < 1.29 is 32.3 Å². The van der Waals surface area contributed by atoms with Gasteiger partial charge < -0.3 is 19.7 Å². The highest BCUT2D eigenvalue weighted by Gasteiger charge is 2.35. The number of anilines is 2. The average Bonchev–Trinajstić information content (AvgIpc) is 3.27. The van der Waals surface area contributed by atoms with E-state index in [1.807, 2.05) is 0 Å². The van der Waals surface area contributed by atoms with E-state index in [0.29, 0.717) is 43.2 Å². The fourth-order valence-electron chi connectivity index (χ4n) is 4.02. The van der Waals surface area contributed by atoms with Crippen LogP contribution in [-0.4, -0.2) is 70.0 Å². The van der Waals surface area contributed by atoms with Gasteiger partial charge in [0.2, 0.25) is 21.8 Å². The molecule has 1 N–H and O–H groups in total. The molecule has 0 aromatic heterocycles. The molecule has 1 atom stereocenters. The van der Waals surface area contributed by atoms with E-state index < -0.39 is 21.9 Å². The van der Waals surface area contributed by atoms with Crippen molar-refractivity contribution in [2.75, 3.05) is 49.7 Å². The number of nitrogens with zero attached hydrogens (tertiary/aromatic N) is 2. The molecule has 0 spiro atoms. The van der Waals surface area contributed by atoms with Crippen molar-refractivity contribution in [1.82, 2.24) is 4.31 Å². The van der Waals surface area contributed by atoms with Crippen LogP contribution >= 0.6 is 0 Å². The minimum Gasteiger partial charge on any atom is -0.462 e. The quantitative estimate of drug-likeness (QED) is 0.575. The van der Waals surface area contributed by atoms with E-state index in [9.17, 15) is 22.8 Å². The van der Waals surface area contributed by atoms with Crippen molar-refractivity contribution in [2.24, 2.45) is 5.92 Å². The van der Waals surface area contributed by atoms with Crippen molar-refractivity contribution >= 4 is 39.2 Å². The molecule has 2 amide bonds. The van der Waals surface area contributed by atoms with Crippen LogP contribution in [0.4, 0.5) is 11.4 Å². The van der Waals surface area contributed by atoms with E-state index in [1.54, 1.807) is 43.3 Å². The smallest absolute Gasteiger partial charge is 0.338 e. The number of morpholine rings is 1. The zero-order valence-corrected chi connectivity index (χ0v) is 20.1. The third kappa shape index (κ3) is 5.53. The van der Waals surface area contributed by atoms with Gasteiger partial charge in [-0.1, -0.05) is 0 Å². The molecule has 2 aromatic carbocycles. The summed E-state index contributed by atoms with van der Waals surface area (Å²) in [6.45, 7) is 3.50. The lowest BCUT2D eigenvalue weighted by Crippen LogP contribution is -2.40. The molecular weight excluding hydrogens is 474 g/mol. The van der Waals surface area contributed by atoms with E-state index >= 15 is 0 Å².